The highest BCUT2D eigenvalue weighted by Gasteiger charge is 2.00. The van der Waals surface area contributed by atoms with Crippen molar-refractivity contribution in [1.29, 1.82) is 0 Å². The van der Waals surface area contributed by atoms with Gasteiger partial charge in [0.25, 0.3) is 0 Å². The molecule has 0 atom stereocenters. The molecule has 0 unspecified atom stereocenters. The Hall–Kier alpha value is -1.22. The zero-order valence-corrected chi connectivity index (χ0v) is 7.87. The third-order valence-corrected chi connectivity index (χ3v) is 1.76. The average molecular weight is 194 g/mol. The Morgan fingerprint density at radius 1 is 1.54 bits per heavy atom. The highest BCUT2D eigenvalue weighted by Crippen LogP contribution is 2.07. The molecule has 0 aliphatic rings. The Labute approximate surface area is 82.3 Å². The highest BCUT2D eigenvalue weighted by atomic mass is 32.1. The van der Waals surface area contributed by atoms with Crippen LogP contribution in [0.4, 0.5) is 0 Å². The van der Waals surface area contributed by atoms with Crippen LogP contribution in [0.15, 0.2) is 30.3 Å². The summed E-state index contributed by atoms with van der Waals surface area (Å²) in [5, 5.41) is 8.70. The first kappa shape index (κ1) is 9.86. The quantitative estimate of drug-likeness (QED) is 0.725. The molecule has 0 aliphatic heterocycles. The Morgan fingerprint density at radius 2 is 2.31 bits per heavy atom. The van der Waals surface area contributed by atoms with E-state index in [0.717, 1.165) is 5.56 Å². The zero-order valence-electron chi connectivity index (χ0n) is 6.97. The molecule has 0 fully saturated rings. The van der Waals surface area contributed by atoms with E-state index in [2.05, 4.69) is 12.6 Å². The van der Waals surface area contributed by atoms with E-state index in [1.165, 1.54) is 0 Å². The van der Waals surface area contributed by atoms with Crippen molar-refractivity contribution in [3.63, 3.8) is 0 Å². The minimum absolute atomic E-state index is 0.307. The molecule has 3 heteroatoms. The Balaban J connectivity index is 2.92. The Morgan fingerprint density at radius 3 is 2.92 bits per heavy atom. The molecule has 1 aromatic carbocycles. The van der Waals surface area contributed by atoms with Crippen molar-refractivity contribution >= 4 is 24.7 Å². The first-order valence-corrected chi connectivity index (χ1v) is 4.48. The SMILES string of the molecule is O=C(O)c1cccc(C=CCS)c1. The number of aromatic carboxylic acids is 1. The van der Waals surface area contributed by atoms with Crippen LogP contribution in [-0.4, -0.2) is 16.8 Å². The van der Waals surface area contributed by atoms with Gasteiger partial charge in [0.2, 0.25) is 0 Å². The predicted molar refractivity (Wildman–Crippen MR) is 56.3 cm³/mol. The van der Waals surface area contributed by atoms with Gasteiger partial charge in [0.15, 0.2) is 0 Å². The third kappa shape index (κ3) is 2.95. The molecule has 0 bridgehead atoms. The molecule has 2 nitrogen and oxygen atoms in total. The lowest BCUT2D eigenvalue weighted by atomic mass is 10.1. The summed E-state index contributed by atoms with van der Waals surface area (Å²) < 4.78 is 0. The van der Waals surface area contributed by atoms with Gasteiger partial charge in [-0.25, -0.2) is 4.79 Å². The molecule has 0 saturated carbocycles. The van der Waals surface area contributed by atoms with E-state index in [1.807, 2.05) is 18.2 Å². The van der Waals surface area contributed by atoms with Crippen LogP contribution >= 0.6 is 12.6 Å². The van der Waals surface area contributed by atoms with E-state index in [9.17, 15) is 4.79 Å². The van der Waals surface area contributed by atoms with Crippen molar-refractivity contribution in [2.24, 2.45) is 0 Å². The molecule has 1 aromatic rings. The van der Waals surface area contributed by atoms with Gasteiger partial charge in [-0.15, -0.1) is 0 Å². The lowest BCUT2D eigenvalue weighted by Gasteiger charge is -1.95. The van der Waals surface area contributed by atoms with E-state index in [-0.39, 0.29) is 0 Å². The van der Waals surface area contributed by atoms with Gasteiger partial charge in [0.1, 0.15) is 0 Å². The fraction of sp³-hybridized carbons (Fsp3) is 0.100. The van der Waals surface area contributed by atoms with Crippen LogP contribution in [-0.2, 0) is 0 Å². The van der Waals surface area contributed by atoms with Gasteiger partial charge in [0.05, 0.1) is 5.56 Å². The van der Waals surface area contributed by atoms with Crippen LogP contribution in [0.5, 0.6) is 0 Å². The topological polar surface area (TPSA) is 37.3 Å². The minimum atomic E-state index is -0.902. The second-order valence-electron chi connectivity index (χ2n) is 2.52. The number of rotatable bonds is 3. The molecule has 0 saturated heterocycles. The first-order valence-electron chi connectivity index (χ1n) is 3.85. The van der Waals surface area contributed by atoms with Crippen molar-refractivity contribution in [2.75, 3.05) is 5.75 Å². The van der Waals surface area contributed by atoms with E-state index in [0.29, 0.717) is 11.3 Å². The van der Waals surface area contributed by atoms with Gasteiger partial charge in [-0.1, -0.05) is 24.3 Å². The van der Waals surface area contributed by atoms with Crippen LogP contribution < -0.4 is 0 Å². The van der Waals surface area contributed by atoms with Gasteiger partial charge in [-0.2, -0.15) is 12.6 Å². The van der Waals surface area contributed by atoms with Crippen molar-refractivity contribution in [3.05, 3.63) is 41.5 Å². The summed E-state index contributed by atoms with van der Waals surface area (Å²) in [5.41, 5.74) is 1.19. The summed E-state index contributed by atoms with van der Waals surface area (Å²) in [6.07, 6.45) is 3.71. The Kier molecular flexibility index (Phi) is 3.58. The van der Waals surface area contributed by atoms with Crippen molar-refractivity contribution in [1.82, 2.24) is 0 Å². The van der Waals surface area contributed by atoms with Crippen molar-refractivity contribution in [2.45, 2.75) is 0 Å². The van der Waals surface area contributed by atoms with Crippen molar-refractivity contribution < 1.29 is 9.90 Å². The molecule has 0 spiro atoms. The minimum Gasteiger partial charge on any atom is -0.478 e. The number of thiol groups is 1. The van der Waals surface area contributed by atoms with E-state index < -0.39 is 5.97 Å². The largest absolute Gasteiger partial charge is 0.478 e. The molecular formula is C10H10O2S. The second kappa shape index (κ2) is 4.72. The number of benzene rings is 1. The average Bonchev–Trinajstić information content (AvgIpc) is 2.15. The van der Waals surface area contributed by atoms with Gasteiger partial charge < -0.3 is 5.11 Å². The van der Waals surface area contributed by atoms with Crippen molar-refractivity contribution in [3.8, 4) is 0 Å². The molecule has 1 rings (SSSR count). The maximum Gasteiger partial charge on any atom is 0.335 e. The monoisotopic (exact) mass is 194 g/mol. The van der Waals surface area contributed by atoms with E-state index in [4.69, 9.17) is 5.11 Å². The van der Waals surface area contributed by atoms with Gasteiger partial charge in [-0.3, -0.25) is 0 Å². The summed E-state index contributed by atoms with van der Waals surface area (Å²) in [6, 6.07) is 6.77. The zero-order chi connectivity index (χ0) is 9.68. The highest BCUT2D eigenvalue weighted by molar-refractivity contribution is 7.80. The molecule has 13 heavy (non-hydrogen) atoms. The molecule has 0 aromatic heterocycles. The number of hydrogen-bond acceptors (Lipinski definition) is 2. The predicted octanol–water partition coefficient (Wildman–Crippen LogP) is 2.33. The number of carboxylic acid groups (broad SMARTS) is 1. The summed E-state index contributed by atoms with van der Waals surface area (Å²) in [7, 11) is 0. The van der Waals surface area contributed by atoms with Gasteiger partial charge in [0, 0.05) is 5.75 Å². The molecule has 0 radical (unpaired) electrons. The lowest BCUT2D eigenvalue weighted by Crippen LogP contribution is -1.95. The van der Waals surface area contributed by atoms with Crippen LogP contribution in [0.25, 0.3) is 6.08 Å². The summed E-state index contributed by atoms with van der Waals surface area (Å²) in [6.45, 7) is 0. The second-order valence-corrected chi connectivity index (χ2v) is 2.88. The van der Waals surface area contributed by atoms with Gasteiger partial charge in [-0.05, 0) is 17.7 Å². The van der Waals surface area contributed by atoms with E-state index in [1.54, 1.807) is 18.2 Å². The van der Waals surface area contributed by atoms with E-state index >= 15 is 0 Å². The summed E-state index contributed by atoms with van der Waals surface area (Å²) in [5.74, 6) is -0.252. The Bertz CT molecular complexity index is 331. The molecule has 0 aliphatic carbocycles. The molecule has 1 N–H and O–H groups in total. The molecular weight excluding hydrogens is 184 g/mol. The lowest BCUT2D eigenvalue weighted by molar-refractivity contribution is 0.0697. The summed E-state index contributed by atoms with van der Waals surface area (Å²) >= 11 is 4.01. The first-order chi connectivity index (χ1) is 6.24. The normalized spacial score (nSPS) is 10.5. The molecule has 0 amide bonds. The van der Waals surface area contributed by atoms with Crippen LogP contribution in [0.1, 0.15) is 15.9 Å². The van der Waals surface area contributed by atoms with Crippen LogP contribution in [0.3, 0.4) is 0 Å². The number of carbonyl (C=O) groups is 1. The molecule has 0 heterocycles. The maximum atomic E-state index is 10.6. The van der Waals surface area contributed by atoms with Crippen LogP contribution in [0.2, 0.25) is 0 Å². The summed E-state index contributed by atoms with van der Waals surface area (Å²) in [4.78, 5) is 10.6. The standard InChI is InChI=1S/C10H10O2S/c11-10(12)9-5-1-3-8(7-9)4-2-6-13/h1-5,7,13H,6H2,(H,11,12). The van der Waals surface area contributed by atoms with Gasteiger partial charge >= 0.3 is 5.97 Å². The van der Waals surface area contributed by atoms with Crippen LogP contribution in [0, 0.1) is 0 Å². The smallest absolute Gasteiger partial charge is 0.335 e. The number of carboxylic acids is 1. The third-order valence-electron chi connectivity index (χ3n) is 1.55. The fourth-order valence-electron chi connectivity index (χ4n) is 0.964. The number of hydrogen-bond donors (Lipinski definition) is 2. The fourth-order valence-corrected chi connectivity index (χ4v) is 1.07. The molecule has 68 valence electrons. The maximum absolute atomic E-state index is 10.6.